The van der Waals surface area contributed by atoms with Crippen LogP contribution in [0, 0.1) is 5.92 Å². The highest BCUT2D eigenvalue weighted by Gasteiger charge is 2.37. The number of hydrogen-bond donors (Lipinski definition) is 1. The zero-order valence-corrected chi connectivity index (χ0v) is 16.3. The first kappa shape index (κ1) is 21.0. The van der Waals surface area contributed by atoms with E-state index in [4.69, 9.17) is 4.74 Å². The second-order valence-electron chi connectivity index (χ2n) is 8.02. The molecule has 1 saturated carbocycles. The molecule has 156 valence electrons. The van der Waals surface area contributed by atoms with Crippen LogP contribution in [0.25, 0.3) is 0 Å². The molecule has 1 aliphatic heterocycles. The Balaban J connectivity index is 1.46. The van der Waals surface area contributed by atoms with E-state index in [0.29, 0.717) is 19.1 Å². The Hall–Kier alpha value is -1.76. The zero-order valence-electron chi connectivity index (χ0n) is 16.3. The molecule has 0 unspecified atom stereocenters. The molecular formula is C21H29F3N2O2. The van der Waals surface area contributed by atoms with Gasteiger partial charge in [0.2, 0.25) is 0 Å². The maximum Gasteiger partial charge on any atom is 0.405 e. The number of likely N-dealkylation sites (tertiary alicyclic amines) is 1. The molecule has 1 N–H and O–H groups in total. The van der Waals surface area contributed by atoms with E-state index in [9.17, 15) is 18.0 Å². The van der Waals surface area contributed by atoms with E-state index in [1.165, 1.54) is 10.5 Å². The molecule has 0 spiro atoms. The van der Waals surface area contributed by atoms with Crippen LogP contribution in [0.4, 0.5) is 18.0 Å². The number of benzene rings is 1. The van der Waals surface area contributed by atoms with Crippen molar-refractivity contribution in [1.82, 2.24) is 10.2 Å². The van der Waals surface area contributed by atoms with Crippen LogP contribution in [-0.2, 0) is 4.74 Å². The van der Waals surface area contributed by atoms with Crippen LogP contribution < -0.4 is 5.32 Å². The molecule has 1 heterocycles. The third kappa shape index (κ3) is 5.63. The average Bonchev–Trinajstić information content (AvgIpc) is 3.05. The van der Waals surface area contributed by atoms with Gasteiger partial charge in [-0.05, 0) is 49.5 Å². The number of nitrogens with one attached hydrogen (secondary N) is 1. The van der Waals surface area contributed by atoms with Crippen molar-refractivity contribution in [2.24, 2.45) is 5.92 Å². The van der Waals surface area contributed by atoms with Crippen LogP contribution in [0.3, 0.4) is 0 Å². The van der Waals surface area contributed by atoms with E-state index in [1.807, 2.05) is 18.3 Å². The second-order valence-corrected chi connectivity index (χ2v) is 8.02. The van der Waals surface area contributed by atoms with Gasteiger partial charge in [-0.15, -0.1) is 0 Å². The van der Waals surface area contributed by atoms with E-state index in [-0.39, 0.29) is 18.1 Å². The molecule has 28 heavy (non-hydrogen) atoms. The molecule has 0 bridgehead atoms. The monoisotopic (exact) mass is 398 g/mol. The fourth-order valence-electron chi connectivity index (χ4n) is 4.31. The smallest absolute Gasteiger partial charge is 0.376 e. The lowest BCUT2D eigenvalue weighted by Crippen LogP contribution is -2.48. The van der Waals surface area contributed by atoms with Crippen LogP contribution in [0.15, 0.2) is 30.3 Å². The zero-order chi connectivity index (χ0) is 20.1. The number of carbonyl (C=O) groups excluding carboxylic acids is 1. The maximum atomic E-state index is 12.4. The number of carbonyl (C=O) groups is 1. The predicted octanol–water partition coefficient (Wildman–Crippen LogP) is 4.71. The molecule has 1 aliphatic carbocycles. The molecule has 1 saturated heterocycles. The molecule has 1 aromatic rings. The molecule has 4 nitrogen and oxygen atoms in total. The van der Waals surface area contributed by atoms with Crippen LogP contribution in [0.2, 0.25) is 0 Å². The van der Waals surface area contributed by atoms with Crippen LogP contribution >= 0.6 is 0 Å². The van der Waals surface area contributed by atoms with Gasteiger partial charge in [0, 0.05) is 6.54 Å². The average molecular weight is 398 g/mol. The van der Waals surface area contributed by atoms with E-state index in [0.717, 1.165) is 32.1 Å². The topological polar surface area (TPSA) is 41.6 Å². The number of ether oxygens (including phenoxy) is 1. The van der Waals surface area contributed by atoms with Crippen molar-refractivity contribution in [2.45, 2.75) is 63.3 Å². The summed E-state index contributed by atoms with van der Waals surface area (Å²) in [5, 5.41) is 1.98. The van der Waals surface area contributed by atoms with Gasteiger partial charge in [-0.2, -0.15) is 13.2 Å². The lowest BCUT2D eigenvalue weighted by atomic mass is 9.83. The fraction of sp³-hybridized carbons (Fsp3) is 0.667. The number of rotatable bonds is 5. The molecule has 0 aromatic heterocycles. The molecule has 7 heteroatoms. The van der Waals surface area contributed by atoms with E-state index >= 15 is 0 Å². The van der Waals surface area contributed by atoms with Gasteiger partial charge >= 0.3 is 12.2 Å². The molecule has 2 fully saturated rings. The first-order chi connectivity index (χ1) is 13.3. The van der Waals surface area contributed by atoms with E-state index in [2.05, 4.69) is 24.3 Å². The van der Waals surface area contributed by atoms with Crippen molar-refractivity contribution in [2.75, 3.05) is 19.7 Å². The summed E-state index contributed by atoms with van der Waals surface area (Å²) in [6.45, 7) is 1.59. The van der Waals surface area contributed by atoms with Crippen molar-refractivity contribution < 1.29 is 22.7 Å². The number of halogens is 3. The molecule has 2 amide bonds. The summed E-state index contributed by atoms with van der Waals surface area (Å²) < 4.78 is 43.2. The Bertz CT molecular complexity index is 630. The first-order valence-corrected chi connectivity index (χ1v) is 10.1. The minimum Gasteiger partial charge on any atom is -0.376 e. The minimum absolute atomic E-state index is 0.160. The Morgan fingerprint density at radius 1 is 1.14 bits per heavy atom. The third-order valence-corrected chi connectivity index (χ3v) is 6.03. The minimum atomic E-state index is -4.40. The summed E-state index contributed by atoms with van der Waals surface area (Å²) in [5.74, 6) is 0.786. The molecule has 0 radical (unpaired) electrons. The number of nitrogens with zero attached hydrogens (tertiary/aromatic N) is 1. The molecular weight excluding hydrogens is 369 g/mol. The van der Waals surface area contributed by atoms with Crippen LogP contribution in [0.1, 0.15) is 50.5 Å². The predicted molar refractivity (Wildman–Crippen MR) is 101 cm³/mol. The first-order valence-electron chi connectivity index (χ1n) is 10.1. The number of hydrogen-bond acceptors (Lipinski definition) is 2. The Morgan fingerprint density at radius 3 is 2.46 bits per heavy atom. The molecule has 2 aliphatic rings. The highest BCUT2D eigenvalue weighted by atomic mass is 19.4. The van der Waals surface area contributed by atoms with Gasteiger partial charge in [0.25, 0.3) is 0 Å². The van der Waals surface area contributed by atoms with Crippen molar-refractivity contribution in [3.63, 3.8) is 0 Å². The van der Waals surface area contributed by atoms with Crippen LogP contribution in [-0.4, -0.2) is 48.9 Å². The van der Waals surface area contributed by atoms with Gasteiger partial charge in [-0.1, -0.05) is 37.3 Å². The summed E-state index contributed by atoms with van der Waals surface area (Å²) in [5.41, 5.74) is 1.37. The summed E-state index contributed by atoms with van der Waals surface area (Å²) in [7, 11) is 0. The molecule has 1 aromatic carbocycles. The Labute approximate surface area is 164 Å². The van der Waals surface area contributed by atoms with Gasteiger partial charge in [0.05, 0.1) is 18.8 Å². The number of amides is 2. The second kappa shape index (κ2) is 9.16. The van der Waals surface area contributed by atoms with Crippen molar-refractivity contribution >= 4 is 6.03 Å². The highest BCUT2D eigenvalue weighted by Crippen LogP contribution is 2.34. The number of alkyl halides is 3. The Kier molecular flexibility index (Phi) is 6.86. The van der Waals surface area contributed by atoms with E-state index < -0.39 is 18.8 Å². The summed E-state index contributed by atoms with van der Waals surface area (Å²) in [6, 6.07) is 9.68. The third-order valence-electron chi connectivity index (χ3n) is 6.03. The van der Waals surface area contributed by atoms with Gasteiger partial charge in [-0.25, -0.2) is 4.79 Å². The summed E-state index contributed by atoms with van der Waals surface area (Å²) >= 11 is 0. The normalized spacial score (nSPS) is 28.4. The lowest BCUT2D eigenvalue weighted by molar-refractivity contribution is -0.123. The van der Waals surface area contributed by atoms with Crippen LogP contribution in [0.5, 0.6) is 0 Å². The van der Waals surface area contributed by atoms with Crippen molar-refractivity contribution in [3.8, 4) is 0 Å². The van der Waals surface area contributed by atoms with Gasteiger partial charge in [0.15, 0.2) is 0 Å². The largest absolute Gasteiger partial charge is 0.405 e. The lowest BCUT2D eigenvalue weighted by Gasteiger charge is -2.32. The maximum absolute atomic E-state index is 12.4. The molecule has 3 rings (SSSR count). The number of urea groups is 1. The highest BCUT2D eigenvalue weighted by molar-refractivity contribution is 5.75. The fourth-order valence-corrected chi connectivity index (χ4v) is 4.31. The standard InChI is InChI=1S/C21H29F3N2O2/c1-15-11-12-26(20(27)25-14-21(22,23)24)19(15)13-28-18-9-7-17(8-10-18)16-5-3-2-4-6-16/h2-6,15,17-19H,7-14H2,1H3,(H,25,27)/t15-,17?,18?,19-/m0/s1. The van der Waals surface area contributed by atoms with Crippen molar-refractivity contribution in [3.05, 3.63) is 35.9 Å². The van der Waals surface area contributed by atoms with Gasteiger partial charge in [0.1, 0.15) is 6.54 Å². The van der Waals surface area contributed by atoms with E-state index in [1.54, 1.807) is 0 Å². The summed E-state index contributed by atoms with van der Waals surface area (Å²) in [4.78, 5) is 13.7. The SMILES string of the molecule is C[C@H]1CCN(C(=O)NCC(F)(F)F)[C@H]1COC1CCC(c2ccccc2)CC1. The van der Waals surface area contributed by atoms with Crippen molar-refractivity contribution in [1.29, 1.82) is 0 Å². The molecule has 2 atom stereocenters. The quantitative estimate of drug-likeness (QED) is 0.780. The van der Waals surface area contributed by atoms with Gasteiger partial charge < -0.3 is 15.0 Å². The summed E-state index contributed by atoms with van der Waals surface area (Å²) in [6.07, 6.45) is 0.642. The Morgan fingerprint density at radius 2 is 1.82 bits per heavy atom. The van der Waals surface area contributed by atoms with Gasteiger partial charge in [-0.3, -0.25) is 0 Å².